The molecule has 0 atom stereocenters. The van der Waals surface area contributed by atoms with Crippen LogP contribution >= 0.6 is 22.7 Å². The van der Waals surface area contributed by atoms with Gasteiger partial charge in [0.1, 0.15) is 5.01 Å². The molecule has 0 amide bonds. The predicted octanol–water partition coefficient (Wildman–Crippen LogP) is 12.6. The fourth-order valence-corrected chi connectivity index (χ4v) is 9.80. The number of rotatable bonds is 5. The van der Waals surface area contributed by atoms with Crippen molar-refractivity contribution >= 4 is 74.9 Å². The van der Waals surface area contributed by atoms with Gasteiger partial charge in [0, 0.05) is 58.9 Å². The largest absolute Gasteiger partial charge is 0.309 e. The van der Waals surface area contributed by atoms with Gasteiger partial charge in [-0.05, 0) is 54.6 Å². The maximum atomic E-state index is 5.20. The molecule has 7 heteroatoms. The molecule has 53 heavy (non-hydrogen) atoms. The lowest BCUT2D eigenvalue weighted by Crippen LogP contribution is -2.01. The Morgan fingerprint density at radius 1 is 0.396 bits per heavy atom. The summed E-state index contributed by atoms with van der Waals surface area (Å²) in [7, 11) is 0. The summed E-state index contributed by atoms with van der Waals surface area (Å²) in [5, 5.41) is 5.83. The van der Waals surface area contributed by atoms with E-state index >= 15 is 0 Å². The number of nitrogens with zero attached hydrogens (tertiary/aromatic N) is 5. The summed E-state index contributed by atoms with van der Waals surface area (Å²) in [5.41, 5.74) is 8.48. The summed E-state index contributed by atoms with van der Waals surface area (Å²) in [6.07, 6.45) is 0. The van der Waals surface area contributed by atoms with Crippen LogP contribution in [0, 0.1) is 0 Å². The molecule has 0 aliphatic rings. The molecule has 0 fully saturated rings. The Labute approximate surface area is 312 Å². The van der Waals surface area contributed by atoms with Gasteiger partial charge in [-0.3, -0.25) is 0 Å². The van der Waals surface area contributed by atoms with Crippen LogP contribution in [0.5, 0.6) is 0 Å². The molecule has 0 bridgehead atoms. The van der Waals surface area contributed by atoms with E-state index in [-0.39, 0.29) is 0 Å². The topological polar surface area (TPSA) is 56.5 Å². The Balaban J connectivity index is 1.08. The lowest BCUT2D eigenvalue weighted by atomic mass is 10.0. The molecular formula is C46H27N5S2. The third-order valence-electron chi connectivity index (χ3n) is 9.92. The molecule has 0 unspecified atom stereocenters. The second-order valence-corrected chi connectivity index (χ2v) is 15.1. The van der Waals surface area contributed by atoms with Crippen LogP contribution in [-0.2, 0) is 0 Å². The second kappa shape index (κ2) is 12.0. The highest BCUT2D eigenvalue weighted by atomic mass is 32.1. The summed E-state index contributed by atoms with van der Waals surface area (Å²) in [4.78, 5) is 20.4. The first-order chi connectivity index (χ1) is 26.3. The van der Waals surface area contributed by atoms with Crippen LogP contribution in [0.3, 0.4) is 0 Å². The molecule has 0 spiro atoms. The highest BCUT2D eigenvalue weighted by Crippen LogP contribution is 2.45. The number of thiazole rings is 1. The Morgan fingerprint density at radius 2 is 0.981 bits per heavy atom. The van der Waals surface area contributed by atoms with Crippen molar-refractivity contribution in [3.05, 3.63) is 164 Å². The van der Waals surface area contributed by atoms with Crippen LogP contribution in [0.1, 0.15) is 0 Å². The van der Waals surface area contributed by atoms with Crippen molar-refractivity contribution in [2.75, 3.05) is 0 Å². The molecule has 248 valence electrons. The molecule has 0 aliphatic carbocycles. The van der Waals surface area contributed by atoms with Crippen LogP contribution in [0.25, 0.3) is 103 Å². The average molecular weight is 714 g/mol. The van der Waals surface area contributed by atoms with Gasteiger partial charge in [0.15, 0.2) is 17.5 Å². The standard InChI is InChI=1S/C46H27N5S2/c1-2-12-28(13-3-1)43-48-44(29-24-26-30(27-25-29)51-37-20-7-4-14-31(37)32-15-5-8-21-38(32)51)50-45(49-43)34-17-11-23-40-41(34)33-16-10-18-35(42(33)52-40)46-47-36-19-6-9-22-39(36)53-46/h1-27H. The van der Waals surface area contributed by atoms with Crippen molar-refractivity contribution in [2.24, 2.45) is 0 Å². The van der Waals surface area contributed by atoms with E-state index in [1.165, 1.54) is 41.3 Å². The van der Waals surface area contributed by atoms with Gasteiger partial charge in [0.05, 0.1) is 21.3 Å². The molecule has 0 radical (unpaired) electrons. The smallest absolute Gasteiger partial charge is 0.164 e. The van der Waals surface area contributed by atoms with E-state index in [2.05, 4.69) is 144 Å². The molecular weight excluding hydrogens is 687 g/mol. The van der Waals surface area contributed by atoms with Crippen molar-refractivity contribution in [1.82, 2.24) is 24.5 Å². The van der Waals surface area contributed by atoms with E-state index in [9.17, 15) is 0 Å². The maximum absolute atomic E-state index is 5.20. The average Bonchev–Trinajstić information content (AvgIpc) is 3.93. The van der Waals surface area contributed by atoms with Gasteiger partial charge in [-0.15, -0.1) is 22.7 Å². The zero-order valence-electron chi connectivity index (χ0n) is 28.1. The summed E-state index contributed by atoms with van der Waals surface area (Å²) < 4.78 is 5.92. The molecule has 11 aromatic rings. The number of thiophene rings is 1. The monoisotopic (exact) mass is 713 g/mol. The SMILES string of the molecule is c1ccc(-c2nc(-c3ccc(-n4c5ccccc5c5ccccc54)cc3)nc(-c3cccc4sc5c(-c6nc7ccccc7s6)cccc5c34)n2)cc1. The van der Waals surface area contributed by atoms with E-state index in [0.29, 0.717) is 17.5 Å². The minimum Gasteiger partial charge on any atom is -0.309 e. The van der Waals surface area contributed by atoms with Crippen LogP contribution in [0.4, 0.5) is 0 Å². The van der Waals surface area contributed by atoms with Crippen molar-refractivity contribution in [1.29, 1.82) is 0 Å². The quantitative estimate of drug-likeness (QED) is 0.178. The van der Waals surface area contributed by atoms with Crippen LogP contribution in [0.15, 0.2) is 164 Å². The van der Waals surface area contributed by atoms with Gasteiger partial charge >= 0.3 is 0 Å². The van der Waals surface area contributed by atoms with E-state index in [4.69, 9.17) is 19.9 Å². The Morgan fingerprint density at radius 3 is 1.74 bits per heavy atom. The molecule has 0 saturated carbocycles. The molecule has 4 aromatic heterocycles. The van der Waals surface area contributed by atoms with Gasteiger partial charge in [-0.2, -0.15) is 0 Å². The minimum atomic E-state index is 0.634. The fourth-order valence-electron chi connectivity index (χ4n) is 7.49. The Bertz CT molecular complexity index is 3090. The van der Waals surface area contributed by atoms with Crippen molar-refractivity contribution in [3.8, 4) is 50.4 Å². The van der Waals surface area contributed by atoms with Crippen LogP contribution < -0.4 is 0 Å². The normalized spacial score (nSPS) is 11.8. The third kappa shape index (κ3) is 4.89. The molecule has 7 aromatic carbocycles. The zero-order valence-corrected chi connectivity index (χ0v) is 29.8. The number of fused-ring (bicyclic) bond motifs is 7. The molecule has 0 aliphatic heterocycles. The summed E-state index contributed by atoms with van der Waals surface area (Å²) in [5.74, 6) is 1.93. The van der Waals surface area contributed by atoms with Crippen LogP contribution in [-0.4, -0.2) is 24.5 Å². The predicted molar refractivity (Wildman–Crippen MR) is 222 cm³/mol. The summed E-state index contributed by atoms with van der Waals surface area (Å²) >= 11 is 3.53. The maximum Gasteiger partial charge on any atom is 0.164 e. The second-order valence-electron chi connectivity index (χ2n) is 13.0. The number of hydrogen-bond acceptors (Lipinski definition) is 6. The zero-order chi connectivity index (χ0) is 34.9. The van der Waals surface area contributed by atoms with E-state index < -0.39 is 0 Å². The van der Waals surface area contributed by atoms with Crippen molar-refractivity contribution in [3.63, 3.8) is 0 Å². The number of benzene rings is 7. The first-order valence-electron chi connectivity index (χ1n) is 17.5. The lowest BCUT2D eigenvalue weighted by molar-refractivity contribution is 1.07. The Hall–Kier alpha value is -6.54. The van der Waals surface area contributed by atoms with Gasteiger partial charge in [0.2, 0.25) is 0 Å². The number of para-hydroxylation sites is 3. The minimum absolute atomic E-state index is 0.634. The van der Waals surface area contributed by atoms with Gasteiger partial charge < -0.3 is 4.57 Å². The van der Waals surface area contributed by atoms with Crippen molar-refractivity contribution in [2.45, 2.75) is 0 Å². The molecule has 0 saturated heterocycles. The van der Waals surface area contributed by atoms with E-state index in [1.54, 1.807) is 22.7 Å². The summed E-state index contributed by atoms with van der Waals surface area (Å²) in [6, 6.07) is 57.2. The summed E-state index contributed by atoms with van der Waals surface area (Å²) in [6.45, 7) is 0. The number of hydrogen-bond donors (Lipinski definition) is 0. The first-order valence-corrected chi connectivity index (χ1v) is 19.1. The van der Waals surface area contributed by atoms with E-state index in [0.717, 1.165) is 43.9 Å². The first kappa shape index (κ1) is 30.1. The Kier molecular flexibility index (Phi) is 6.83. The van der Waals surface area contributed by atoms with Crippen LogP contribution in [0.2, 0.25) is 0 Å². The molecule has 0 N–H and O–H groups in total. The van der Waals surface area contributed by atoms with Gasteiger partial charge in [-0.1, -0.05) is 109 Å². The highest BCUT2D eigenvalue weighted by Gasteiger charge is 2.20. The lowest BCUT2D eigenvalue weighted by Gasteiger charge is -2.11. The number of aromatic nitrogens is 5. The van der Waals surface area contributed by atoms with E-state index in [1.807, 2.05) is 24.3 Å². The van der Waals surface area contributed by atoms with Gasteiger partial charge in [0.25, 0.3) is 0 Å². The molecule has 11 rings (SSSR count). The molecule has 5 nitrogen and oxygen atoms in total. The van der Waals surface area contributed by atoms with Crippen molar-refractivity contribution < 1.29 is 0 Å². The molecule has 4 heterocycles. The highest BCUT2D eigenvalue weighted by molar-refractivity contribution is 7.27. The fraction of sp³-hybridized carbons (Fsp3) is 0. The van der Waals surface area contributed by atoms with Gasteiger partial charge in [-0.25, -0.2) is 19.9 Å². The third-order valence-corrected chi connectivity index (χ3v) is 12.2.